The Labute approximate surface area is 110 Å². The van der Waals surface area contributed by atoms with Crippen molar-refractivity contribution in [2.45, 2.75) is 51.2 Å². The van der Waals surface area contributed by atoms with Crippen molar-refractivity contribution in [2.24, 2.45) is 17.1 Å². The second-order valence-corrected chi connectivity index (χ2v) is 5.77. The van der Waals surface area contributed by atoms with E-state index in [2.05, 4.69) is 6.92 Å². The fourth-order valence-electron chi connectivity index (χ4n) is 3.79. The summed E-state index contributed by atoms with van der Waals surface area (Å²) in [6.07, 6.45) is 6.10. The summed E-state index contributed by atoms with van der Waals surface area (Å²) in [6.45, 7) is 4.62. The Kier molecular flexibility index (Phi) is 4.64. The number of aliphatic hydroxyl groups is 1. The highest BCUT2D eigenvalue weighted by Gasteiger charge is 2.47. The van der Waals surface area contributed by atoms with Crippen LogP contribution in [0.25, 0.3) is 0 Å². The van der Waals surface area contributed by atoms with Gasteiger partial charge in [-0.25, -0.2) is 0 Å². The van der Waals surface area contributed by atoms with E-state index < -0.39 is 0 Å². The summed E-state index contributed by atoms with van der Waals surface area (Å²) in [7, 11) is 0. The molecule has 4 nitrogen and oxygen atoms in total. The van der Waals surface area contributed by atoms with Gasteiger partial charge < -0.3 is 20.3 Å². The molecule has 0 bridgehead atoms. The van der Waals surface area contributed by atoms with E-state index in [0.29, 0.717) is 12.5 Å². The molecule has 3 N–H and O–H groups in total. The van der Waals surface area contributed by atoms with E-state index in [9.17, 15) is 5.11 Å². The molecule has 4 heteroatoms. The zero-order valence-electron chi connectivity index (χ0n) is 11.5. The summed E-state index contributed by atoms with van der Waals surface area (Å²) >= 11 is 0. The third kappa shape index (κ3) is 2.57. The first-order valence-electron chi connectivity index (χ1n) is 7.29. The molecule has 1 saturated heterocycles. The van der Waals surface area contributed by atoms with Crippen molar-refractivity contribution in [3.8, 4) is 0 Å². The van der Waals surface area contributed by atoms with Crippen LogP contribution in [0.1, 0.15) is 45.4 Å². The summed E-state index contributed by atoms with van der Waals surface area (Å²) in [5, 5.41) is 9.21. The molecule has 2 fully saturated rings. The molecule has 0 amide bonds. The van der Waals surface area contributed by atoms with Gasteiger partial charge in [0.1, 0.15) is 0 Å². The Hall–Kier alpha value is -0.160. The van der Waals surface area contributed by atoms with Crippen LogP contribution in [0.4, 0.5) is 0 Å². The average molecular weight is 257 g/mol. The monoisotopic (exact) mass is 257 g/mol. The van der Waals surface area contributed by atoms with Crippen LogP contribution < -0.4 is 5.73 Å². The minimum atomic E-state index is -0.295. The summed E-state index contributed by atoms with van der Waals surface area (Å²) in [5.74, 6) is 0.128. The molecule has 106 valence electrons. The van der Waals surface area contributed by atoms with Crippen molar-refractivity contribution in [1.29, 1.82) is 0 Å². The predicted molar refractivity (Wildman–Crippen MR) is 70.1 cm³/mol. The Morgan fingerprint density at radius 1 is 1.17 bits per heavy atom. The lowest BCUT2D eigenvalue weighted by molar-refractivity contribution is -0.197. The van der Waals surface area contributed by atoms with Gasteiger partial charge in [0.25, 0.3) is 0 Å². The molecule has 1 aliphatic carbocycles. The van der Waals surface area contributed by atoms with Crippen LogP contribution >= 0.6 is 0 Å². The van der Waals surface area contributed by atoms with Gasteiger partial charge in [0, 0.05) is 19.4 Å². The van der Waals surface area contributed by atoms with Crippen molar-refractivity contribution in [3.63, 3.8) is 0 Å². The lowest BCUT2D eigenvalue weighted by Crippen LogP contribution is -2.45. The van der Waals surface area contributed by atoms with Gasteiger partial charge in [-0.15, -0.1) is 0 Å². The Morgan fingerprint density at radius 3 is 2.22 bits per heavy atom. The van der Waals surface area contributed by atoms with Gasteiger partial charge >= 0.3 is 0 Å². The summed E-state index contributed by atoms with van der Waals surface area (Å²) in [6, 6.07) is 0. The molecule has 2 aliphatic rings. The number of hydrogen-bond acceptors (Lipinski definition) is 4. The maximum absolute atomic E-state index is 9.21. The molecule has 1 atom stereocenters. The van der Waals surface area contributed by atoms with E-state index in [0.717, 1.165) is 51.7 Å². The number of hydrogen-bond donors (Lipinski definition) is 2. The number of nitrogens with two attached hydrogens (primary N) is 1. The van der Waals surface area contributed by atoms with E-state index >= 15 is 0 Å². The number of rotatable bonds is 5. The first kappa shape index (κ1) is 14.3. The van der Waals surface area contributed by atoms with Gasteiger partial charge in [-0.3, -0.25) is 0 Å². The molecule has 0 aromatic carbocycles. The largest absolute Gasteiger partial charge is 0.396 e. The SMILES string of the molecule is CCC1(C(CN)CCO)CCC2(CC1)OCCO2. The van der Waals surface area contributed by atoms with Crippen LogP contribution in [0.15, 0.2) is 0 Å². The molecule has 0 aromatic heterocycles. The van der Waals surface area contributed by atoms with Crippen LogP contribution in [0.3, 0.4) is 0 Å². The van der Waals surface area contributed by atoms with E-state index in [1.54, 1.807) is 0 Å². The zero-order chi connectivity index (χ0) is 13.1. The Balaban J connectivity index is 2.02. The van der Waals surface area contributed by atoms with Crippen LogP contribution in [0.5, 0.6) is 0 Å². The second kappa shape index (κ2) is 5.87. The van der Waals surface area contributed by atoms with E-state index in [1.165, 1.54) is 0 Å². The first-order valence-corrected chi connectivity index (χ1v) is 7.29. The summed E-state index contributed by atoms with van der Waals surface area (Å²) in [5.41, 5.74) is 6.20. The number of aliphatic hydroxyl groups excluding tert-OH is 1. The minimum absolute atomic E-state index is 0.238. The molecule has 0 aromatic rings. The number of ether oxygens (including phenoxy) is 2. The second-order valence-electron chi connectivity index (χ2n) is 5.77. The molecule has 1 unspecified atom stereocenters. The zero-order valence-corrected chi connectivity index (χ0v) is 11.5. The topological polar surface area (TPSA) is 64.7 Å². The Morgan fingerprint density at radius 2 is 1.78 bits per heavy atom. The van der Waals surface area contributed by atoms with Crippen molar-refractivity contribution < 1.29 is 14.6 Å². The van der Waals surface area contributed by atoms with Crippen LogP contribution in [0.2, 0.25) is 0 Å². The molecular formula is C14H27NO3. The normalized spacial score (nSPS) is 27.5. The highest BCUT2D eigenvalue weighted by molar-refractivity contribution is 4.94. The summed E-state index contributed by atoms with van der Waals surface area (Å²) < 4.78 is 11.6. The van der Waals surface area contributed by atoms with Crippen molar-refractivity contribution >= 4 is 0 Å². The molecule has 0 radical (unpaired) electrons. The first-order chi connectivity index (χ1) is 8.70. The maximum Gasteiger partial charge on any atom is 0.168 e. The Bertz CT molecular complexity index is 254. The van der Waals surface area contributed by atoms with E-state index in [-0.39, 0.29) is 17.8 Å². The van der Waals surface area contributed by atoms with Crippen LogP contribution in [0, 0.1) is 11.3 Å². The quantitative estimate of drug-likeness (QED) is 0.786. The highest BCUT2D eigenvalue weighted by atomic mass is 16.7. The fraction of sp³-hybridized carbons (Fsp3) is 1.00. The predicted octanol–water partition coefficient (Wildman–Crippen LogP) is 1.66. The van der Waals surface area contributed by atoms with Gasteiger partial charge in [-0.05, 0) is 37.1 Å². The van der Waals surface area contributed by atoms with Gasteiger partial charge in [0.15, 0.2) is 5.79 Å². The standard InChI is InChI=1S/C14H27NO3/c1-2-13(12(11-15)3-8-16)4-6-14(7-5-13)17-9-10-18-14/h12,16H,2-11,15H2,1H3. The lowest BCUT2D eigenvalue weighted by Gasteiger charge is -2.47. The van der Waals surface area contributed by atoms with Crippen LogP contribution in [-0.2, 0) is 9.47 Å². The highest BCUT2D eigenvalue weighted by Crippen LogP contribution is 2.51. The third-order valence-corrected chi connectivity index (χ3v) is 5.15. The fourth-order valence-corrected chi connectivity index (χ4v) is 3.79. The molecule has 18 heavy (non-hydrogen) atoms. The van der Waals surface area contributed by atoms with Crippen molar-refractivity contribution in [3.05, 3.63) is 0 Å². The van der Waals surface area contributed by atoms with Crippen molar-refractivity contribution in [1.82, 2.24) is 0 Å². The molecular weight excluding hydrogens is 230 g/mol. The van der Waals surface area contributed by atoms with E-state index in [4.69, 9.17) is 15.2 Å². The third-order valence-electron chi connectivity index (χ3n) is 5.15. The summed E-state index contributed by atoms with van der Waals surface area (Å²) in [4.78, 5) is 0. The molecule has 1 aliphatic heterocycles. The van der Waals surface area contributed by atoms with Crippen molar-refractivity contribution in [2.75, 3.05) is 26.4 Å². The van der Waals surface area contributed by atoms with Gasteiger partial charge in [0.2, 0.25) is 0 Å². The lowest BCUT2D eigenvalue weighted by atomic mass is 9.62. The smallest absolute Gasteiger partial charge is 0.168 e. The van der Waals surface area contributed by atoms with Gasteiger partial charge in [0.05, 0.1) is 13.2 Å². The molecule has 1 heterocycles. The molecule has 2 rings (SSSR count). The van der Waals surface area contributed by atoms with Gasteiger partial charge in [-0.2, -0.15) is 0 Å². The molecule has 1 saturated carbocycles. The minimum Gasteiger partial charge on any atom is -0.396 e. The average Bonchev–Trinajstić information content (AvgIpc) is 2.86. The van der Waals surface area contributed by atoms with E-state index in [1.807, 2.05) is 0 Å². The van der Waals surface area contributed by atoms with Gasteiger partial charge in [-0.1, -0.05) is 13.3 Å². The van der Waals surface area contributed by atoms with Crippen LogP contribution in [-0.4, -0.2) is 37.3 Å². The maximum atomic E-state index is 9.21. The molecule has 1 spiro atoms.